The lowest BCUT2D eigenvalue weighted by Gasteiger charge is -2.06. The first-order valence-corrected chi connectivity index (χ1v) is 7.90. The van der Waals surface area contributed by atoms with Crippen molar-refractivity contribution in [1.29, 1.82) is 0 Å². The Labute approximate surface area is 140 Å². The van der Waals surface area contributed by atoms with Crippen molar-refractivity contribution in [3.8, 4) is 5.75 Å². The number of carbonyl (C=O) groups excluding carboxylic acids is 1. The molecule has 0 saturated heterocycles. The Morgan fingerprint density at radius 1 is 1.38 bits per heavy atom. The number of nitrogens with zero attached hydrogens (tertiary/aromatic N) is 3. The Hall–Kier alpha value is -2.83. The Kier molecular flexibility index (Phi) is 4.50. The van der Waals surface area contributed by atoms with Gasteiger partial charge in [-0.25, -0.2) is 0 Å². The highest BCUT2D eigenvalue weighted by atomic mass is 16.5. The third-order valence-corrected chi connectivity index (χ3v) is 3.69. The molecule has 0 aliphatic heterocycles. The zero-order valence-corrected chi connectivity index (χ0v) is 14.0. The molecule has 0 unspecified atom stereocenters. The summed E-state index contributed by atoms with van der Waals surface area (Å²) in [5.41, 5.74) is 0.944. The number of aromatic nitrogens is 4. The largest absolute Gasteiger partial charge is 0.496 e. The highest BCUT2D eigenvalue weighted by molar-refractivity contribution is 5.91. The number of methoxy groups -OCH3 is 1. The Bertz CT molecular complexity index is 850. The van der Waals surface area contributed by atoms with E-state index in [4.69, 9.17) is 4.74 Å². The van der Waals surface area contributed by atoms with Crippen LogP contribution >= 0.6 is 0 Å². The maximum atomic E-state index is 12.3. The van der Waals surface area contributed by atoms with E-state index in [0.29, 0.717) is 11.9 Å². The molecule has 7 heteroatoms. The second kappa shape index (κ2) is 6.74. The van der Waals surface area contributed by atoms with Crippen LogP contribution in [0.1, 0.15) is 19.7 Å². The van der Waals surface area contributed by atoms with Gasteiger partial charge in [0, 0.05) is 18.0 Å². The summed E-state index contributed by atoms with van der Waals surface area (Å²) in [6.07, 6.45) is 2.67. The van der Waals surface area contributed by atoms with Crippen molar-refractivity contribution in [2.24, 2.45) is 5.92 Å². The van der Waals surface area contributed by atoms with Crippen LogP contribution in [0, 0.1) is 5.92 Å². The summed E-state index contributed by atoms with van der Waals surface area (Å²) in [5, 5.41) is 10.6. The minimum Gasteiger partial charge on any atom is -0.496 e. The van der Waals surface area contributed by atoms with Crippen LogP contribution < -0.4 is 10.1 Å². The minimum absolute atomic E-state index is 0.176. The van der Waals surface area contributed by atoms with Crippen molar-refractivity contribution >= 4 is 22.8 Å². The van der Waals surface area contributed by atoms with Gasteiger partial charge in [0.25, 0.3) is 0 Å². The lowest BCUT2D eigenvalue weighted by Crippen LogP contribution is -2.19. The SMILES string of the molecule is COc1cccc2c1ccn2CC(=O)Nc1n[nH]c(CC(C)C)n1. The van der Waals surface area contributed by atoms with Gasteiger partial charge in [0.1, 0.15) is 18.1 Å². The van der Waals surface area contributed by atoms with E-state index in [1.807, 2.05) is 35.0 Å². The smallest absolute Gasteiger partial charge is 0.248 e. The summed E-state index contributed by atoms with van der Waals surface area (Å²) in [6.45, 7) is 4.39. The molecule has 0 saturated carbocycles. The third-order valence-electron chi connectivity index (χ3n) is 3.69. The van der Waals surface area contributed by atoms with E-state index in [2.05, 4.69) is 34.3 Å². The van der Waals surface area contributed by atoms with Crippen molar-refractivity contribution in [3.05, 3.63) is 36.3 Å². The first kappa shape index (κ1) is 16.0. The van der Waals surface area contributed by atoms with Crippen molar-refractivity contribution < 1.29 is 9.53 Å². The van der Waals surface area contributed by atoms with Gasteiger partial charge in [-0.2, -0.15) is 4.98 Å². The average molecular weight is 327 g/mol. The molecule has 2 aromatic heterocycles. The number of hydrogen-bond donors (Lipinski definition) is 2. The second-order valence-corrected chi connectivity index (χ2v) is 6.09. The van der Waals surface area contributed by atoms with Crippen molar-refractivity contribution in [1.82, 2.24) is 19.7 Å². The number of rotatable bonds is 6. The second-order valence-electron chi connectivity index (χ2n) is 6.09. The fraction of sp³-hybridized carbons (Fsp3) is 0.353. The molecule has 0 spiro atoms. The summed E-state index contributed by atoms with van der Waals surface area (Å²) < 4.78 is 7.21. The van der Waals surface area contributed by atoms with E-state index >= 15 is 0 Å². The Balaban J connectivity index is 1.70. The molecule has 126 valence electrons. The number of benzene rings is 1. The maximum Gasteiger partial charge on any atom is 0.248 e. The molecule has 24 heavy (non-hydrogen) atoms. The van der Waals surface area contributed by atoms with Crippen LogP contribution in [0.3, 0.4) is 0 Å². The zero-order valence-electron chi connectivity index (χ0n) is 14.0. The molecule has 3 aromatic rings. The van der Waals surface area contributed by atoms with Gasteiger partial charge in [-0.05, 0) is 24.1 Å². The molecule has 3 rings (SSSR count). The topological polar surface area (TPSA) is 84.8 Å². The number of carbonyl (C=O) groups is 1. The maximum absolute atomic E-state index is 12.3. The van der Waals surface area contributed by atoms with Gasteiger partial charge in [-0.1, -0.05) is 19.9 Å². The first-order valence-electron chi connectivity index (χ1n) is 7.90. The molecular formula is C17H21N5O2. The van der Waals surface area contributed by atoms with Crippen molar-refractivity contribution in [2.45, 2.75) is 26.8 Å². The van der Waals surface area contributed by atoms with Crippen LogP contribution in [0.15, 0.2) is 30.5 Å². The summed E-state index contributed by atoms with van der Waals surface area (Å²) in [6, 6.07) is 7.70. The summed E-state index contributed by atoms with van der Waals surface area (Å²) in [5.74, 6) is 2.17. The van der Waals surface area contributed by atoms with Gasteiger partial charge in [0.05, 0.1) is 12.6 Å². The molecule has 0 aliphatic rings. The Morgan fingerprint density at radius 2 is 2.21 bits per heavy atom. The minimum atomic E-state index is -0.176. The predicted octanol–water partition coefficient (Wildman–Crippen LogP) is 2.61. The molecule has 0 radical (unpaired) electrons. The molecule has 2 heterocycles. The summed E-state index contributed by atoms with van der Waals surface area (Å²) >= 11 is 0. The van der Waals surface area contributed by atoms with Gasteiger partial charge in [-0.15, -0.1) is 5.10 Å². The van der Waals surface area contributed by atoms with E-state index in [1.165, 1.54) is 0 Å². The number of aromatic amines is 1. The number of amides is 1. The molecule has 2 N–H and O–H groups in total. The number of nitrogens with one attached hydrogen (secondary N) is 2. The number of hydrogen-bond acceptors (Lipinski definition) is 4. The highest BCUT2D eigenvalue weighted by Gasteiger charge is 2.12. The molecule has 1 amide bonds. The van der Waals surface area contributed by atoms with Gasteiger partial charge in [0.2, 0.25) is 11.9 Å². The quantitative estimate of drug-likeness (QED) is 0.729. The average Bonchev–Trinajstić information content (AvgIpc) is 3.14. The molecule has 0 bridgehead atoms. The number of ether oxygens (including phenoxy) is 1. The van der Waals surface area contributed by atoms with Crippen LogP contribution in [-0.2, 0) is 17.8 Å². The normalized spacial score (nSPS) is 11.2. The molecule has 0 aliphatic carbocycles. The monoisotopic (exact) mass is 327 g/mol. The third kappa shape index (κ3) is 3.40. The molecule has 1 aromatic carbocycles. The van der Waals surface area contributed by atoms with E-state index in [-0.39, 0.29) is 12.5 Å². The van der Waals surface area contributed by atoms with Crippen LogP contribution in [0.2, 0.25) is 0 Å². The van der Waals surface area contributed by atoms with Gasteiger partial charge in [-0.3, -0.25) is 15.2 Å². The molecule has 7 nitrogen and oxygen atoms in total. The van der Waals surface area contributed by atoms with E-state index < -0.39 is 0 Å². The number of fused-ring (bicyclic) bond motifs is 1. The van der Waals surface area contributed by atoms with E-state index in [0.717, 1.165) is 28.9 Å². The predicted molar refractivity (Wildman–Crippen MR) is 92.0 cm³/mol. The van der Waals surface area contributed by atoms with Crippen LogP contribution in [0.5, 0.6) is 5.75 Å². The fourth-order valence-electron chi connectivity index (χ4n) is 2.66. The van der Waals surface area contributed by atoms with E-state index in [1.54, 1.807) is 7.11 Å². The lowest BCUT2D eigenvalue weighted by molar-refractivity contribution is -0.116. The highest BCUT2D eigenvalue weighted by Crippen LogP contribution is 2.26. The van der Waals surface area contributed by atoms with Gasteiger partial charge < -0.3 is 9.30 Å². The molecule has 0 fully saturated rings. The molecule has 0 atom stereocenters. The first-order chi connectivity index (χ1) is 11.6. The lowest BCUT2D eigenvalue weighted by atomic mass is 10.1. The standard InChI is InChI=1S/C17H21N5O2/c1-11(2)9-15-18-17(21-20-15)19-16(23)10-22-8-7-12-13(22)5-4-6-14(12)24-3/h4-8,11H,9-10H2,1-3H3,(H2,18,19,20,21,23). The van der Waals surface area contributed by atoms with Crippen molar-refractivity contribution in [3.63, 3.8) is 0 Å². The Morgan fingerprint density at radius 3 is 2.96 bits per heavy atom. The molecular weight excluding hydrogens is 306 g/mol. The van der Waals surface area contributed by atoms with Gasteiger partial charge in [0.15, 0.2) is 0 Å². The number of H-pyrrole nitrogens is 1. The summed E-state index contributed by atoms with van der Waals surface area (Å²) in [7, 11) is 1.64. The fourth-order valence-corrected chi connectivity index (χ4v) is 2.66. The van der Waals surface area contributed by atoms with Gasteiger partial charge >= 0.3 is 0 Å². The van der Waals surface area contributed by atoms with E-state index in [9.17, 15) is 4.79 Å². The van der Waals surface area contributed by atoms with Crippen LogP contribution in [-0.4, -0.2) is 32.8 Å². The zero-order chi connectivity index (χ0) is 17.1. The van der Waals surface area contributed by atoms with Crippen molar-refractivity contribution in [2.75, 3.05) is 12.4 Å². The number of anilines is 1. The summed E-state index contributed by atoms with van der Waals surface area (Å²) in [4.78, 5) is 16.5. The van der Waals surface area contributed by atoms with Crippen LogP contribution in [0.25, 0.3) is 10.9 Å². The van der Waals surface area contributed by atoms with Crippen LogP contribution in [0.4, 0.5) is 5.95 Å².